The van der Waals surface area contributed by atoms with Gasteiger partial charge in [0.1, 0.15) is 0 Å². The molecule has 0 aromatic heterocycles. The predicted octanol–water partition coefficient (Wildman–Crippen LogP) is 2.92. The highest BCUT2D eigenvalue weighted by Gasteiger charge is 2.00. The summed E-state index contributed by atoms with van der Waals surface area (Å²) in [4.78, 5) is 11.7. The Morgan fingerprint density at radius 3 is 2.14 bits per heavy atom. The number of carbonyl (C=O) groups is 1. The van der Waals surface area contributed by atoms with Crippen LogP contribution in [0.5, 0.6) is 0 Å². The molecule has 3 heteroatoms. The number of aryl methyl sites for hydroxylation is 1. The van der Waals surface area contributed by atoms with Crippen LogP contribution in [0, 0.1) is 0 Å². The minimum atomic E-state index is 0.0967. The molecule has 0 bridgehead atoms. The van der Waals surface area contributed by atoms with E-state index < -0.39 is 0 Å². The van der Waals surface area contributed by atoms with Crippen molar-refractivity contribution in [2.24, 2.45) is 0 Å². The molecule has 0 spiro atoms. The Morgan fingerprint density at radius 2 is 1.45 bits per heavy atom. The minimum Gasteiger partial charge on any atom is -0.352 e. The summed E-state index contributed by atoms with van der Waals surface area (Å²) in [5, 5.41) is 6.26. The van der Waals surface area contributed by atoms with Crippen molar-refractivity contribution >= 4 is 5.91 Å². The van der Waals surface area contributed by atoms with Crippen LogP contribution in [0.4, 0.5) is 0 Å². The van der Waals surface area contributed by atoms with E-state index in [1.807, 2.05) is 36.4 Å². The Balaban J connectivity index is 1.49. The normalized spacial score (nSPS) is 10.4. The molecule has 2 rings (SSSR count). The maximum absolute atomic E-state index is 11.7. The maximum atomic E-state index is 11.7. The molecule has 0 saturated heterocycles. The summed E-state index contributed by atoms with van der Waals surface area (Å²) in [6.07, 6.45) is 2.70. The summed E-state index contributed by atoms with van der Waals surface area (Å²) in [6, 6.07) is 20.4. The van der Waals surface area contributed by atoms with Gasteiger partial charge in [0, 0.05) is 19.5 Å². The van der Waals surface area contributed by atoms with E-state index in [4.69, 9.17) is 0 Å². The van der Waals surface area contributed by atoms with Crippen LogP contribution < -0.4 is 10.6 Å². The summed E-state index contributed by atoms with van der Waals surface area (Å²) < 4.78 is 0. The predicted molar refractivity (Wildman–Crippen MR) is 90.5 cm³/mol. The Bertz CT molecular complexity index is 540. The van der Waals surface area contributed by atoms with Crippen molar-refractivity contribution in [1.82, 2.24) is 10.6 Å². The second-order valence-corrected chi connectivity index (χ2v) is 5.35. The smallest absolute Gasteiger partial charge is 0.221 e. The van der Waals surface area contributed by atoms with E-state index in [1.54, 1.807) is 0 Å². The van der Waals surface area contributed by atoms with E-state index in [0.717, 1.165) is 31.5 Å². The van der Waals surface area contributed by atoms with Crippen molar-refractivity contribution in [1.29, 1.82) is 0 Å². The second kappa shape index (κ2) is 9.74. The zero-order valence-corrected chi connectivity index (χ0v) is 12.9. The van der Waals surface area contributed by atoms with Gasteiger partial charge in [-0.1, -0.05) is 60.7 Å². The topological polar surface area (TPSA) is 41.1 Å². The standard InChI is InChI=1S/C19H24N2O/c22-19(21-16-18-10-5-2-6-11-18)13-15-20-14-7-12-17-8-3-1-4-9-17/h1-6,8-11,20H,7,12-16H2,(H,21,22). The van der Waals surface area contributed by atoms with Crippen LogP contribution in [-0.4, -0.2) is 19.0 Å². The van der Waals surface area contributed by atoms with Gasteiger partial charge in [0.05, 0.1) is 0 Å². The second-order valence-electron chi connectivity index (χ2n) is 5.35. The number of benzene rings is 2. The van der Waals surface area contributed by atoms with E-state index in [1.165, 1.54) is 5.56 Å². The van der Waals surface area contributed by atoms with Gasteiger partial charge < -0.3 is 10.6 Å². The molecule has 0 aliphatic heterocycles. The van der Waals surface area contributed by atoms with Gasteiger partial charge in [-0.25, -0.2) is 0 Å². The highest BCUT2D eigenvalue weighted by Crippen LogP contribution is 2.01. The fraction of sp³-hybridized carbons (Fsp3) is 0.316. The molecule has 0 aliphatic rings. The first-order valence-corrected chi connectivity index (χ1v) is 7.90. The van der Waals surface area contributed by atoms with Gasteiger partial charge in [0.15, 0.2) is 0 Å². The van der Waals surface area contributed by atoms with Crippen molar-refractivity contribution in [3.63, 3.8) is 0 Å². The SMILES string of the molecule is O=C(CCNCCCc1ccccc1)NCc1ccccc1. The van der Waals surface area contributed by atoms with E-state index >= 15 is 0 Å². The molecule has 0 radical (unpaired) electrons. The van der Waals surface area contributed by atoms with E-state index in [0.29, 0.717) is 13.0 Å². The number of amides is 1. The van der Waals surface area contributed by atoms with Gasteiger partial charge >= 0.3 is 0 Å². The third kappa shape index (κ3) is 6.55. The summed E-state index contributed by atoms with van der Waals surface area (Å²) >= 11 is 0. The minimum absolute atomic E-state index is 0.0967. The number of carbonyl (C=O) groups excluding carboxylic acids is 1. The Kier molecular flexibility index (Phi) is 7.19. The van der Waals surface area contributed by atoms with Crippen LogP contribution >= 0.6 is 0 Å². The molecule has 2 aromatic rings. The molecular formula is C19H24N2O. The molecule has 116 valence electrons. The van der Waals surface area contributed by atoms with Crippen molar-refractivity contribution < 1.29 is 4.79 Å². The van der Waals surface area contributed by atoms with Gasteiger partial charge in [-0.3, -0.25) is 4.79 Å². The third-order valence-corrected chi connectivity index (χ3v) is 3.52. The number of nitrogens with one attached hydrogen (secondary N) is 2. The quantitative estimate of drug-likeness (QED) is 0.699. The largest absolute Gasteiger partial charge is 0.352 e. The molecule has 2 N–H and O–H groups in total. The first-order chi connectivity index (χ1) is 10.8. The zero-order valence-electron chi connectivity index (χ0n) is 12.9. The lowest BCUT2D eigenvalue weighted by Gasteiger charge is -2.07. The van der Waals surface area contributed by atoms with E-state index in [-0.39, 0.29) is 5.91 Å². The average molecular weight is 296 g/mol. The molecule has 1 amide bonds. The highest BCUT2D eigenvalue weighted by atomic mass is 16.1. The summed E-state index contributed by atoms with van der Waals surface area (Å²) in [5.74, 6) is 0.0967. The van der Waals surface area contributed by atoms with E-state index in [9.17, 15) is 4.79 Å². The lowest BCUT2D eigenvalue weighted by molar-refractivity contribution is -0.121. The molecule has 0 aliphatic carbocycles. The van der Waals surface area contributed by atoms with Crippen molar-refractivity contribution in [2.75, 3.05) is 13.1 Å². The Morgan fingerprint density at radius 1 is 0.818 bits per heavy atom. The molecule has 3 nitrogen and oxygen atoms in total. The van der Waals surface area contributed by atoms with E-state index in [2.05, 4.69) is 34.9 Å². The summed E-state index contributed by atoms with van der Waals surface area (Å²) in [5.41, 5.74) is 2.50. The third-order valence-electron chi connectivity index (χ3n) is 3.52. The van der Waals surface area contributed by atoms with Crippen molar-refractivity contribution in [3.05, 3.63) is 71.8 Å². The molecule has 0 unspecified atom stereocenters. The van der Waals surface area contributed by atoms with Gasteiger partial charge in [-0.2, -0.15) is 0 Å². The van der Waals surface area contributed by atoms with Crippen LogP contribution in [0.3, 0.4) is 0 Å². The molecule has 2 aromatic carbocycles. The number of rotatable bonds is 9. The van der Waals surface area contributed by atoms with Crippen LogP contribution in [0.25, 0.3) is 0 Å². The number of hydrogen-bond donors (Lipinski definition) is 2. The van der Waals surface area contributed by atoms with Crippen LogP contribution in [0.2, 0.25) is 0 Å². The molecular weight excluding hydrogens is 272 g/mol. The fourth-order valence-electron chi connectivity index (χ4n) is 2.27. The zero-order chi connectivity index (χ0) is 15.5. The van der Waals surface area contributed by atoms with Gasteiger partial charge in [-0.05, 0) is 30.5 Å². The van der Waals surface area contributed by atoms with Crippen molar-refractivity contribution in [2.45, 2.75) is 25.8 Å². The van der Waals surface area contributed by atoms with Crippen LogP contribution in [-0.2, 0) is 17.8 Å². The monoisotopic (exact) mass is 296 g/mol. The molecule has 22 heavy (non-hydrogen) atoms. The lowest BCUT2D eigenvalue weighted by Crippen LogP contribution is -2.27. The molecule has 0 fully saturated rings. The van der Waals surface area contributed by atoms with Crippen LogP contribution in [0.1, 0.15) is 24.0 Å². The number of hydrogen-bond acceptors (Lipinski definition) is 2. The molecule has 0 atom stereocenters. The molecule has 0 saturated carbocycles. The highest BCUT2D eigenvalue weighted by molar-refractivity contribution is 5.76. The molecule has 0 heterocycles. The summed E-state index contributed by atoms with van der Waals surface area (Å²) in [7, 11) is 0. The van der Waals surface area contributed by atoms with Gasteiger partial charge in [0.2, 0.25) is 5.91 Å². The van der Waals surface area contributed by atoms with Crippen LogP contribution in [0.15, 0.2) is 60.7 Å². The Labute approximate surface area is 132 Å². The van der Waals surface area contributed by atoms with Gasteiger partial charge in [0.25, 0.3) is 0 Å². The summed E-state index contributed by atoms with van der Waals surface area (Å²) in [6.45, 7) is 2.28. The first-order valence-electron chi connectivity index (χ1n) is 7.90. The fourth-order valence-corrected chi connectivity index (χ4v) is 2.27. The first kappa shape index (κ1) is 16.2. The lowest BCUT2D eigenvalue weighted by atomic mass is 10.1. The average Bonchev–Trinajstić information content (AvgIpc) is 2.58. The maximum Gasteiger partial charge on any atom is 0.221 e. The Hall–Kier alpha value is -2.13. The van der Waals surface area contributed by atoms with Crippen molar-refractivity contribution in [3.8, 4) is 0 Å². The van der Waals surface area contributed by atoms with Gasteiger partial charge in [-0.15, -0.1) is 0 Å².